The van der Waals surface area contributed by atoms with Gasteiger partial charge in [0.05, 0.1) is 18.9 Å². The van der Waals surface area contributed by atoms with E-state index >= 15 is 0 Å². The van der Waals surface area contributed by atoms with Crippen LogP contribution >= 0.6 is 12.2 Å². The van der Waals surface area contributed by atoms with E-state index in [2.05, 4.69) is 5.32 Å². The van der Waals surface area contributed by atoms with Gasteiger partial charge in [-0.2, -0.15) is 0 Å². The smallest absolute Gasteiger partial charge is 0.270 e. The molecule has 0 saturated carbocycles. The Bertz CT molecular complexity index is 964. The highest BCUT2D eigenvalue weighted by Crippen LogP contribution is 2.25. The fourth-order valence-corrected chi connectivity index (χ4v) is 3.28. The number of rotatable bonds is 3. The van der Waals surface area contributed by atoms with Crippen molar-refractivity contribution in [1.29, 1.82) is 0 Å². The number of halogens is 1. The van der Waals surface area contributed by atoms with Gasteiger partial charge in [-0.3, -0.25) is 19.8 Å². The van der Waals surface area contributed by atoms with Gasteiger partial charge < -0.3 is 14.1 Å². The largest absolute Gasteiger partial charge is 0.441 e. The molecule has 0 radical (unpaired) electrons. The minimum absolute atomic E-state index is 0.0628. The van der Waals surface area contributed by atoms with Gasteiger partial charge in [-0.15, -0.1) is 0 Å². The SMILES string of the molecule is O=C1NC(=S)N(c2ccc(F)cc2)C(=O)C1=Cc1ccc(N2CCOCC2)o1. The summed E-state index contributed by atoms with van der Waals surface area (Å²) in [4.78, 5) is 28.4. The second kappa shape index (κ2) is 7.53. The molecule has 2 amide bonds. The van der Waals surface area contributed by atoms with E-state index in [-0.39, 0.29) is 10.7 Å². The van der Waals surface area contributed by atoms with Gasteiger partial charge in [0.1, 0.15) is 17.2 Å². The highest BCUT2D eigenvalue weighted by Gasteiger charge is 2.34. The van der Waals surface area contributed by atoms with E-state index < -0.39 is 17.6 Å². The van der Waals surface area contributed by atoms with Crippen molar-refractivity contribution in [3.05, 3.63) is 53.5 Å². The molecule has 2 fully saturated rings. The molecule has 0 bridgehead atoms. The Balaban J connectivity index is 1.61. The summed E-state index contributed by atoms with van der Waals surface area (Å²) in [6.45, 7) is 2.63. The van der Waals surface area contributed by atoms with Crippen LogP contribution in [0.1, 0.15) is 5.76 Å². The number of carbonyl (C=O) groups is 2. The molecular formula is C19H16FN3O4S. The molecule has 28 heavy (non-hydrogen) atoms. The first-order chi connectivity index (χ1) is 13.5. The molecule has 4 rings (SSSR count). The zero-order valence-electron chi connectivity index (χ0n) is 14.7. The number of nitrogens with zero attached hydrogens (tertiary/aromatic N) is 2. The Labute approximate surface area is 165 Å². The maximum atomic E-state index is 13.2. The van der Waals surface area contributed by atoms with E-state index in [1.54, 1.807) is 12.1 Å². The first-order valence-electron chi connectivity index (χ1n) is 8.62. The number of nitrogens with one attached hydrogen (secondary N) is 1. The van der Waals surface area contributed by atoms with Gasteiger partial charge in [0, 0.05) is 19.2 Å². The molecule has 0 atom stereocenters. The number of ether oxygens (including phenoxy) is 1. The number of anilines is 2. The van der Waals surface area contributed by atoms with Crippen LogP contribution in [-0.4, -0.2) is 43.2 Å². The van der Waals surface area contributed by atoms with Gasteiger partial charge in [-0.25, -0.2) is 4.39 Å². The van der Waals surface area contributed by atoms with Gasteiger partial charge in [-0.1, -0.05) is 0 Å². The molecule has 1 N–H and O–H groups in total. The topological polar surface area (TPSA) is 75.0 Å². The van der Waals surface area contributed by atoms with Gasteiger partial charge in [0.25, 0.3) is 11.8 Å². The van der Waals surface area contributed by atoms with Gasteiger partial charge >= 0.3 is 0 Å². The van der Waals surface area contributed by atoms with Crippen molar-refractivity contribution in [2.45, 2.75) is 0 Å². The van der Waals surface area contributed by atoms with Crippen LogP contribution in [0.25, 0.3) is 6.08 Å². The lowest BCUT2D eigenvalue weighted by Gasteiger charge is -2.28. The molecule has 9 heteroatoms. The first-order valence-corrected chi connectivity index (χ1v) is 9.03. The first kappa shape index (κ1) is 18.3. The highest BCUT2D eigenvalue weighted by molar-refractivity contribution is 7.80. The highest BCUT2D eigenvalue weighted by atomic mass is 32.1. The summed E-state index contributed by atoms with van der Waals surface area (Å²) in [6, 6.07) is 8.73. The zero-order chi connectivity index (χ0) is 19.7. The summed E-state index contributed by atoms with van der Waals surface area (Å²) < 4.78 is 24.3. The van der Waals surface area contributed by atoms with Crippen LogP contribution in [0, 0.1) is 5.82 Å². The van der Waals surface area contributed by atoms with Crippen LogP contribution in [-0.2, 0) is 14.3 Å². The van der Waals surface area contributed by atoms with Crippen LogP contribution < -0.4 is 15.1 Å². The van der Waals surface area contributed by atoms with Crippen molar-refractivity contribution in [1.82, 2.24) is 5.32 Å². The molecule has 0 aliphatic carbocycles. The van der Waals surface area contributed by atoms with E-state index in [0.29, 0.717) is 43.6 Å². The second-order valence-electron chi connectivity index (χ2n) is 6.21. The molecule has 2 aromatic rings. The van der Waals surface area contributed by atoms with E-state index in [9.17, 15) is 14.0 Å². The Morgan fingerprint density at radius 2 is 1.79 bits per heavy atom. The third-order valence-electron chi connectivity index (χ3n) is 4.41. The number of hydrogen-bond donors (Lipinski definition) is 1. The molecule has 0 spiro atoms. The summed E-state index contributed by atoms with van der Waals surface area (Å²) in [5.41, 5.74) is 0.233. The molecule has 1 aromatic heterocycles. The van der Waals surface area contributed by atoms with Gasteiger partial charge in [-0.05, 0) is 48.6 Å². The molecule has 3 heterocycles. The van der Waals surface area contributed by atoms with Gasteiger partial charge in [0.2, 0.25) is 0 Å². The number of hydrogen-bond acceptors (Lipinski definition) is 6. The van der Waals surface area contributed by atoms with E-state index in [0.717, 1.165) is 4.90 Å². The molecule has 1 aromatic carbocycles. The van der Waals surface area contributed by atoms with Crippen LogP contribution in [0.2, 0.25) is 0 Å². The maximum Gasteiger partial charge on any atom is 0.270 e. The fourth-order valence-electron chi connectivity index (χ4n) is 3.00. The fraction of sp³-hybridized carbons (Fsp3) is 0.211. The monoisotopic (exact) mass is 401 g/mol. The third kappa shape index (κ3) is 3.54. The second-order valence-corrected chi connectivity index (χ2v) is 6.60. The van der Waals surface area contributed by atoms with Crippen LogP contribution in [0.15, 0.2) is 46.4 Å². The Kier molecular flexibility index (Phi) is 4.93. The van der Waals surface area contributed by atoms with Crippen molar-refractivity contribution in [2.24, 2.45) is 0 Å². The lowest BCUT2D eigenvalue weighted by molar-refractivity contribution is -0.122. The molecule has 2 saturated heterocycles. The third-order valence-corrected chi connectivity index (χ3v) is 4.69. The van der Waals surface area contributed by atoms with Crippen molar-refractivity contribution in [3.8, 4) is 0 Å². The summed E-state index contributed by atoms with van der Waals surface area (Å²) in [6.07, 6.45) is 1.37. The Morgan fingerprint density at radius 1 is 1.07 bits per heavy atom. The normalized spacial score (nSPS) is 19.3. The summed E-state index contributed by atoms with van der Waals surface area (Å²) in [5, 5.41) is 2.42. The minimum Gasteiger partial charge on any atom is -0.441 e. The number of thiocarbonyl (C=S) groups is 1. The van der Waals surface area contributed by atoms with Crippen molar-refractivity contribution >= 4 is 46.8 Å². The standard InChI is InChI=1S/C19H16FN3O4S/c20-12-1-3-13(4-2-12)23-18(25)15(17(24)21-19(23)28)11-14-5-6-16(27-14)22-7-9-26-10-8-22/h1-6,11H,7-10H2,(H,21,24,28). The van der Waals surface area contributed by atoms with E-state index in [1.807, 2.05) is 4.90 Å². The van der Waals surface area contributed by atoms with Crippen LogP contribution in [0.5, 0.6) is 0 Å². The van der Waals surface area contributed by atoms with Crippen molar-refractivity contribution < 1.29 is 23.1 Å². The summed E-state index contributed by atoms with van der Waals surface area (Å²) >= 11 is 5.11. The maximum absolute atomic E-state index is 13.2. The number of morpholine rings is 1. The van der Waals surface area contributed by atoms with Crippen LogP contribution in [0.4, 0.5) is 16.0 Å². The predicted octanol–water partition coefficient (Wildman–Crippen LogP) is 2.09. The number of furan rings is 1. The Morgan fingerprint density at radius 3 is 2.50 bits per heavy atom. The molecule has 7 nitrogen and oxygen atoms in total. The molecule has 144 valence electrons. The number of carbonyl (C=O) groups excluding carboxylic acids is 2. The molecule has 2 aliphatic rings. The predicted molar refractivity (Wildman–Crippen MR) is 104 cm³/mol. The molecule has 2 aliphatic heterocycles. The summed E-state index contributed by atoms with van der Waals surface area (Å²) in [5.74, 6) is -0.649. The lowest BCUT2D eigenvalue weighted by atomic mass is 10.1. The van der Waals surface area contributed by atoms with Crippen molar-refractivity contribution in [3.63, 3.8) is 0 Å². The molecular weight excluding hydrogens is 385 g/mol. The summed E-state index contributed by atoms with van der Waals surface area (Å²) in [7, 11) is 0. The average Bonchev–Trinajstić information content (AvgIpc) is 3.16. The van der Waals surface area contributed by atoms with E-state index in [4.69, 9.17) is 21.4 Å². The minimum atomic E-state index is -0.613. The van der Waals surface area contributed by atoms with E-state index in [1.165, 1.54) is 30.3 Å². The van der Waals surface area contributed by atoms with Crippen LogP contribution in [0.3, 0.4) is 0 Å². The lowest BCUT2D eigenvalue weighted by Crippen LogP contribution is -2.54. The zero-order valence-corrected chi connectivity index (χ0v) is 15.5. The molecule has 0 unspecified atom stereocenters. The number of amides is 2. The average molecular weight is 401 g/mol. The Hall–Kier alpha value is -3.04. The number of benzene rings is 1. The van der Waals surface area contributed by atoms with Crippen molar-refractivity contribution in [2.75, 3.05) is 36.1 Å². The quantitative estimate of drug-likeness (QED) is 0.482. The van der Waals surface area contributed by atoms with Gasteiger partial charge in [0.15, 0.2) is 11.0 Å².